The van der Waals surface area contributed by atoms with E-state index in [1.54, 1.807) is 6.34 Å². The van der Waals surface area contributed by atoms with Crippen LogP contribution < -0.4 is 10.7 Å². The lowest BCUT2D eigenvalue weighted by Crippen LogP contribution is -2.40. The summed E-state index contributed by atoms with van der Waals surface area (Å²) in [6, 6.07) is 0. The summed E-state index contributed by atoms with van der Waals surface area (Å²) in [6.07, 6.45) is 5.68. The molecule has 0 aromatic heterocycles. The molecule has 2 aliphatic heterocycles. The fraction of sp³-hybridized carbons (Fsp3) is 0.500. The van der Waals surface area contributed by atoms with Crippen LogP contribution in [0.1, 0.15) is 0 Å². The Bertz CT molecular complexity index is 179. The normalized spacial score (nSPS) is 22.4. The summed E-state index contributed by atoms with van der Waals surface area (Å²) in [7, 11) is 0. The van der Waals surface area contributed by atoms with E-state index in [4.69, 9.17) is 0 Å². The van der Waals surface area contributed by atoms with Crippen molar-refractivity contribution in [1.29, 1.82) is 0 Å². The van der Waals surface area contributed by atoms with Gasteiger partial charge in [0.2, 0.25) is 0 Å². The maximum Gasteiger partial charge on any atom is 0.112 e. The van der Waals surface area contributed by atoms with Gasteiger partial charge in [-0.1, -0.05) is 0 Å². The minimum absolute atomic E-state index is 0.740. The van der Waals surface area contributed by atoms with Crippen molar-refractivity contribution in [3.05, 3.63) is 12.4 Å². The van der Waals surface area contributed by atoms with Crippen molar-refractivity contribution in [3.63, 3.8) is 0 Å². The Morgan fingerprint density at radius 2 is 2.55 bits per heavy atom. The molecule has 0 spiro atoms. The monoisotopic (exact) mass is 153 g/mol. The lowest BCUT2D eigenvalue weighted by molar-refractivity contribution is 0.166. The van der Waals surface area contributed by atoms with Crippen LogP contribution in [0.3, 0.4) is 0 Å². The maximum atomic E-state index is 4.03. The topological polar surface area (TPSA) is 42.9 Å². The third-order valence-corrected chi connectivity index (χ3v) is 1.63. The third-order valence-electron chi connectivity index (χ3n) is 1.63. The van der Waals surface area contributed by atoms with E-state index < -0.39 is 0 Å². The Morgan fingerprint density at radius 3 is 3.18 bits per heavy atom. The van der Waals surface area contributed by atoms with E-state index in [-0.39, 0.29) is 0 Å². The van der Waals surface area contributed by atoms with E-state index in [1.807, 2.05) is 17.4 Å². The second-order valence-electron chi connectivity index (χ2n) is 2.53. The predicted molar refractivity (Wildman–Crippen MR) is 42.2 cm³/mol. The largest absolute Gasteiger partial charge is 0.372 e. The highest BCUT2D eigenvalue weighted by Crippen LogP contribution is 1.97. The fourth-order valence-electron chi connectivity index (χ4n) is 1.09. The van der Waals surface area contributed by atoms with Gasteiger partial charge in [-0.3, -0.25) is 4.99 Å². The fourth-order valence-corrected chi connectivity index (χ4v) is 1.09. The lowest BCUT2D eigenvalue weighted by Gasteiger charge is -2.21. The number of hydrogen-bond donors (Lipinski definition) is 2. The van der Waals surface area contributed by atoms with E-state index >= 15 is 0 Å². The molecule has 0 unspecified atom stereocenters. The first-order valence-corrected chi connectivity index (χ1v) is 3.59. The van der Waals surface area contributed by atoms with Gasteiger partial charge in [0, 0.05) is 12.4 Å². The molecule has 2 N–H and O–H groups in total. The summed E-state index contributed by atoms with van der Waals surface area (Å²) in [5, 5.41) is 5.12. The van der Waals surface area contributed by atoms with E-state index in [2.05, 4.69) is 20.6 Å². The molecule has 0 saturated heterocycles. The minimum atomic E-state index is 0.740. The van der Waals surface area contributed by atoms with Gasteiger partial charge >= 0.3 is 0 Å². The van der Waals surface area contributed by atoms with Crippen LogP contribution >= 0.6 is 0 Å². The Kier molecular flexibility index (Phi) is 1.64. The standard InChI is InChI=1S/C6H11N5/c1-2-10(4-7-1)6-11-5-8-3-9-11/h1-3,7H,4-6H2,(H,8,9). The molecule has 5 nitrogen and oxygen atoms in total. The van der Waals surface area contributed by atoms with Crippen molar-refractivity contribution in [2.45, 2.75) is 0 Å². The molecule has 0 aliphatic carbocycles. The Labute approximate surface area is 65.3 Å². The van der Waals surface area contributed by atoms with Gasteiger partial charge in [-0.15, -0.1) is 0 Å². The highest BCUT2D eigenvalue weighted by atomic mass is 15.6. The molecule has 2 aliphatic rings. The molecule has 11 heavy (non-hydrogen) atoms. The van der Waals surface area contributed by atoms with Crippen molar-refractivity contribution in [3.8, 4) is 0 Å². The molecule has 60 valence electrons. The van der Waals surface area contributed by atoms with E-state index in [0.29, 0.717) is 0 Å². The Balaban J connectivity index is 1.76. The van der Waals surface area contributed by atoms with Gasteiger partial charge in [0.1, 0.15) is 6.67 Å². The van der Waals surface area contributed by atoms with E-state index in [1.165, 1.54) is 0 Å². The van der Waals surface area contributed by atoms with E-state index in [9.17, 15) is 0 Å². The van der Waals surface area contributed by atoms with Crippen molar-refractivity contribution >= 4 is 6.34 Å². The zero-order chi connectivity index (χ0) is 7.52. The van der Waals surface area contributed by atoms with Gasteiger partial charge in [-0.2, -0.15) is 5.01 Å². The quantitative estimate of drug-likeness (QED) is 0.538. The first kappa shape index (κ1) is 6.48. The number of rotatable bonds is 2. The molecule has 0 fully saturated rings. The third kappa shape index (κ3) is 1.43. The van der Waals surface area contributed by atoms with Crippen LogP contribution in [0.2, 0.25) is 0 Å². The van der Waals surface area contributed by atoms with Gasteiger partial charge in [0.15, 0.2) is 0 Å². The molecule has 2 rings (SSSR count). The van der Waals surface area contributed by atoms with Crippen LogP contribution in [0.4, 0.5) is 0 Å². The molecule has 0 aromatic rings. The van der Waals surface area contributed by atoms with Gasteiger partial charge in [0.25, 0.3) is 0 Å². The first-order chi connectivity index (χ1) is 5.45. The Hall–Kier alpha value is -1.23. The molecular formula is C6H11N5. The average Bonchev–Trinajstić information content (AvgIpc) is 2.60. The molecule has 0 atom stereocenters. The number of hydrazine groups is 1. The zero-order valence-electron chi connectivity index (χ0n) is 6.20. The van der Waals surface area contributed by atoms with Gasteiger partial charge in [0.05, 0.1) is 19.7 Å². The number of nitrogens with one attached hydrogen (secondary N) is 2. The minimum Gasteiger partial charge on any atom is -0.372 e. The summed E-state index contributed by atoms with van der Waals surface area (Å²) >= 11 is 0. The van der Waals surface area contributed by atoms with Crippen molar-refractivity contribution in [2.24, 2.45) is 4.99 Å². The first-order valence-electron chi connectivity index (χ1n) is 3.59. The highest BCUT2D eigenvalue weighted by Gasteiger charge is 2.10. The summed E-state index contributed by atoms with van der Waals surface area (Å²) in [4.78, 5) is 6.18. The van der Waals surface area contributed by atoms with Crippen LogP contribution in [-0.2, 0) is 0 Å². The second kappa shape index (κ2) is 2.79. The summed E-state index contributed by atoms with van der Waals surface area (Å²) < 4.78 is 0. The number of aliphatic imine (C=N–C) groups is 1. The maximum absolute atomic E-state index is 4.03. The van der Waals surface area contributed by atoms with Crippen molar-refractivity contribution < 1.29 is 0 Å². The van der Waals surface area contributed by atoms with Crippen LogP contribution in [0.15, 0.2) is 17.4 Å². The molecule has 0 aromatic carbocycles. The van der Waals surface area contributed by atoms with Crippen LogP contribution in [0.25, 0.3) is 0 Å². The lowest BCUT2D eigenvalue weighted by atomic mass is 10.7. The predicted octanol–water partition coefficient (Wildman–Crippen LogP) is -0.916. The van der Waals surface area contributed by atoms with E-state index in [0.717, 1.165) is 20.0 Å². The number of nitrogens with zero attached hydrogens (tertiary/aromatic N) is 3. The number of hydrogen-bond acceptors (Lipinski definition) is 5. The highest BCUT2D eigenvalue weighted by molar-refractivity contribution is 5.54. The van der Waals surface area contributed by atoms with Gasteiger partial charge in [-0.05, 0) is 0 Å². The van der Waals surface area contributed by atoms with Crippen molar-refractivity contribution in [1.82, 2.24) is 20.7 Å². The summed E-state index contributed by atoms with van der Waals surface area (Å²) in [5.74, 6) is 0. The van der Waals surface area contributed by atoms with Gasteiger partial charge in [-0.25, -0.2) is 0 Å². The zero-order valence-corrected chi connectivity index (χ0v) is 6.20. The van der Waals surface area contributed by atoms with Crippen molar-refractivity contribution in [2.75, 3.05) is 20.0 Å². The summed E-state index contributed by atoms with van der Waals surface area (Å²) in [5.41, 5.74) is 3.02. The van der Waals surface area contributed by atoms with Gasteiger partial charge < -0.3 is 15.6 Å². The van der Waals surface area contributed by atoms with Crippen LogP contribution in [0, 0.1) is 0 Å². The average molecular weight is 153 g/mol. The molecule has 0 saturated carbocycles. The molecular weight excluding hydrogens is 142 g/mol. The molecule has 2 heterocycles. The molecule has 0 amide bonds. The summed E-state index contributed by atoms with van der Waals surface area (Å²) in [6.45, 7) is 2.49. The molecule has 5 heteroatoms. The molecule has 0 bridgehead atoms. The Morgan fingerprint density at radius 1 is 1.55 bits per heavy atom. The smallest absolute Gasteiger partial charge is 0.112 e. The molecule has 0 radical (unpaired) electrons. The van der Waals surface area contributed by atoms with Crippen LogP contribution in [0.5, 0.6) is 0 Å². The van der Waals surface area contributed by atoms with Crippen LogP contribution in [-0.4, -0.2) is 36.3 Å². The second-order valence-corrected chi connectivity index (χ2v) is 2.53. The SMILES string of the molecule is C1=CN(CN2CN=CN2)CN1.